The lowest BCUT2D eigenvalue weighted by Crippen LogP contribution is -2.41. The molecule has 0 atom stereocenters. The zero-order valence-corrected chi connectivity index (χ0v) is 9.50. The Morgan fingerprint density at radius 2 is 2.13 bits per heavy atom. The standard InChI is InChI=1S/C11H16ClN3/c12-11-9-13-5-4-10(11)8-14-15-6-2-1-3-7-15/h4-5,9,14H,1-3,6-8H2. The summed E-state index contributed by atoms with van der Waals surface area (Å²) in [6, 6.07) is 1.96. The van der Waals surface area contributed by atoms with Crippen LogP contribution in [0.1, 0.15) is 24.8 Å². The Morgan fingerprint density at radius 1 is 1.33 bits per heavy atom. The molecule has 3 nitrogen and oxygen atoms in total. The van der Waals surface area contributed by atoms with Crippen LogP contribution < -0.4 is 5.43 Å². The van der Waals surface area contributed by atoms with E-state index in [0.717, 1.165) is 30.2 Å². The van der Waals surface area contributed by atoms with Gasteiger partial charge in [0.05, 0.1) is 5.02 Å². The molecule has 2 rings (SSSR count). The van der Waals surface area contributed by atoms with E-state index in [1.165, 1.54) is 19.3 Å². The average Bonchev–Trinajstić information content (AvgIpc) is 2.29. The number of piperidine rings is 1. The van der Waals surface area contributed by atoms with Crippen molar-refractivity contribution in [3.63, 3.8) is 0 Å². The monoisotopic (exact) mass is 225 g/mol. The van der Waals surface area contributed by atoms with Crippen molar-refractivity contribution >= 4 is 11.6 Å². The van der Waals surface area contributed by atoms with Crippen LogP contribution in [0.3, 0.4) is 0 Å². The molecule has 0 unspecified atom stereocenters. The predicted molar refractivity (Wildman–Crippen MR) is 61.5 cm³/mol. The highest BCUT2D eigenvalue weighted by molar-refractivity contribution is 6.31. The zero-order valence-electron chi connectivity index (χ0n) is 8.75. The SMILES string of the molecule is Clc1cnccc1CNN1CCCCC1. The smallest absolute Gasteiger partial charge is 0.0634 e. The molecular weight excluding hydrogens is 210 g/mol. The molecule has 2 heterocycles. The van der Waals surface area contributed by atoms with Crippen molar-refractivity contribution in [3.8, 4) is 0 Å². The third kappa shape index (κ3) is 3.16. The van der Waals surface area contributed by atoms with Gasteiger partial charge in [0.2, 0.25) is 0 Å². The van der Waals surface area contributed by atoms with Gasteiger partial charge in [-0.15, -0.1) is 0 Å². The Morgan fingerprint density at radius 3 is 2.87 bits per heavy atom. The van der Waals surface area contributed by atoms with E-state index in [1.807, 2.05) is 6.07 Å². The molecule has 0 bridgehead atoms. The normalized spacial score (nSPS) is 17.9. The molecule has 1 N–H and O–H groups in total. The molecule has 0 radical (unpaired) electrons. The predicted octanol–water partition coefficient (Wildman–Crippen LogP) is 2.23. The van der Waals surface area contributed by atoms with Gasteiger partial charge in [-0.2, -0.15) is 0 Å². The van der Waals surface area contributed by atoms with Crippen molar-refractivity contribution < 1.29 is 0 Å². The van der Waals surface area contributed by atoms with Crippen molar-refractivity contribution in [1.82, 2.24) is 15.4 Å². The Labute approximate surface area is 95.4 Å². The molecule has 1 aliphatic heterocycles. The first-order chi connectivity index (χ1) is 7.36. The van der Waals surface area contributed by atoms with Crippen molar-refractivity contribution in [2.45, 2.75) is 25.8 Å². The van der Waals surface area contributed by atoms with Crippen LogP contribution in [0.5, 0.6) is 0 Å². The van der Waals surface area contributed by atoms with Crippen LogP contribution in [0.25, 0.3) is 0 Å². The summed E-state index contributed by atoms with van der Waals surface area (Å²) in [5.41, 5.74) is 4.51. The molecule has 82 valence electrons. The summed E-state index contributed by atoms with van der Waals surface area (Å²) in [4.78, 5) is 3.97. The minimum atomic E-state index is 0.738. The van der Waals surface area contributed by atoms with E-state index in [9.17, 15) is 0 Å². The zero-order chi connectivity index (χ0) is 10.5. The summed E-state index contributed by atoms with van der Waals surface area (Å²) in [5.74, 6) is 0. The van der Waals surface area contributed by atoms with Crippen LogP contribution in [0.2, 0.25) is 5.02 Å². The highest BCUT2D eigenvalue weighted by Crippen LogP contribution is 2.13. The number of nitrogens with zero attached hydrogens (tertiary/aromatic N) is 2. The molecular formula is C11H16ClN3. The third-order valence-corrected chi connectivity index (χ3v) is 3.05. The molecule has 0 saturated carbocycles. The Balaban J connectivity index is 1.84. The van der Waals surface area contributed by atoms with Gasteiger partial charge in [-0.3, -0.25) is 10.4 Å². The lowest BCUT2D eigenvalue weighted by molar-refractivity contribution is 0.151. The van der Waals surface area contributed by atoms with Crippen LogP contribution in [0, 0.1) is 0 Å². The number of hydrogen-bond donors (Lipinski definition) is 1. The Bertz CT molecular complexity index is 310. The van der Waals surface area contributed by atoms with E-state index in [1.54, 1.807) is 12.4 Å². The van der Waals surface area contributed by atoms with E-state index < -0.39 is 0 Å². The quantitative estimate of drug-likeness (QED) is 0.855. The molecule has 1 saturated heterocycles. The minimum Gasteiger partial charge on any atom is -0.263 e. The number of hydrazine groups is 1. The molecule has 4 heteroatoms. The molecule has 0 spiro atoms. The van der Waals surface area contributed by atoms with E-state index in [2.05, 4.69) is 15.4 Å². The fraction of sp³-hybridized carbons (Fsp3) is 0.545. The van der Waals surface area contributed by atoms with Crippen molar-refractivity contribution in [2.24, 2.45) is 0 Å². The Hall–Kier alpha value is -0.640. The van der Waals surface area contributed by atoms with Gasteiger partial charge < -0.3 is 0 Å². The van der Waals surface area contributed by atoms with Gasteiger partial charge in [0, 0.05) is 32.0 Å². The maximum atomic E-state index is 6.02. The van der Waals surface area contributed by atoms with Gasteiger partial charge in [-0.25, -0.2) is 5.01 Å². The van der Waals surface area contributed by atoms with Crippen LogP contribution >= 0.6 is 11.6 Å². The maximum absolute atomic E-state index is 6.02. The number of pyridine rings is 1. The largest absolute Gasteiger partial charge is 0.263 e. The number of hydrogen-bond acceptors (Lipinski definition) is 3. The van der Waals surface area contributed by atoms with Gasteiger partial charge in [-0.05, 0) is 24.5 Å². The third-order valence-electron chi connectivity index (χ3n) is 2.71. The van der Waals surface area contributed by atoms with Gasteiger partial charge in [0.25, 0.3) is 0 Å². The topological polar surface area (TPSA) is 28.2 Å². The summed E-state index contributed by atoms with van der Waals surface area (Å²) in [6.45, 7) is 3.08. The van der Waals surface area contributed by atoms with Crippen molar-refractivity contribution in [1.29, 1.82) is 0 Å². The molecule has 0 amide bonds. The average molecular weight is 226 g/mol. The van der Waals surface area contributed by atoms with Crippen LogP contribution in [0.15, 0.2) is 18.5 Å². The highest BCUT2D eigenvalue weighted by atomic mass is 35.5. The summed E-state index contributed by atoms with van der Waals surface area (Å²) in [7, 11) is 0. The summed E-state index contributed by atoms with van der Waals surface area (Å²) < 4.78 is 0. The fourth-order valence-corrected chi connectivity index (χ4v) is 1.98. The molecule has 0 aliphatic carbocycles. The minimum absolute atomic E-state index is 0.738. The van der Waals surface area contributed by atoms with Crippen molar-refractivity contribution in [3.05, 3.63) is 29.0 Å². The van der Waals surface area contributed by atoms with E-state index in [4.69, 9.17) is 11.6 Å². The lowest BCUT2D eigenvalue weighted by atomic mass is 10.2. The first-order valence-corrected chi connectivity index (χ1v) is 5.81. The van der Waals surface area contributed by atoms with E-state index in [-0.39, 0.29) is 0 Å². The van der Waals surface area contributed by atoms with Crippen LogP contribution in [-0.2, 0) is 6.54 Å². The number of halogens is 1. The second-order valence-corrected chi connectivity index (χ2v) is 4.26. The molecule has 1 aromatic heterocycles. The second-order valence-electron chi connectivity index (χ2n) is 3.85. The van der Waals surface area contributed by atoms with Gasteiger partial charge in [-0.1, -0.05) is 18.0 Å². The van der Waals surface area contributed by atoms with E-state index >= 15 is 0 Å². The van der Waals surface area contributed by atoms with Crippen LogP contribution in [0.4, 0.5) is 0 Å². The van der Waals surface area contributed by atoms with Gasteiger partial charge >= 0.3 is 0 Å². The van der Waals surface area contributed by atoms with Crippen LogP contribution in [-0.4, -0.2) is 23.1 Å². The number of aromatic nitrogens is 1. The first kappa shape index (κ1) is 10.9. The van der Waals surface area contributed by atoms with Gasteiger partial charge in [0.15, 0.2) is 0 Å². The highest BCUT2D eigenvalue weighted by Gasteiger charge is 2.09. The molecule has 1 fully saturated rings. The molecule has 0 aromatic carbocycles. The van der Waals surface area contributed by atoms with Crippen molar-refractivity contribution in [2.75, 3.05) is 13.1 Å². The summed E-state index contributed by atoms with van der Waals surface area (Å²) in [6.07, 6.45) is 7.40. The summed E-state index contributed by atoms with van der Waals surface area (Å²) >= 11 is 6.02. The number of nitrogens with one attached hydrogen (secondary N) is 1. The second kappa shape index (κ2) is 5.45. The summed E-state index contributed by atoms with van der Waals surface area (Å²) in [5, 5.41) is 3.02. The maximum Gasteiger partial charge on any atom is 0.0634 e. The van der Waals surface area contributed by atoms with Gasteiger partial charge in [0.1, 0.15) is 0 Å². The Kier molecular flexibility index (Phi) is 3.94. The molecule has 15 heavy (non-hydrogen) atoms. The van der Waals surface area contributed by atoms with E-state index in [0.29, 0.717) is 0 Å². The molecule has 1 aromatic rings. The number of rotatable bonds is 3. The lowest BCUT2D eigenvalue weighted by Gasteiger charge is -2.27. The first-order valence-electron chi connectivity index (χ1n) is 5.43. The fourth-order valence-electron chi connectivity index (χ4n) is 1.80. The molecule has 1 aliphatic rings.